The van der Waals surface area contributed by atoms with E-state index in [1.807, 2.05) is 13.8 Å². The first kappa shape index (κ1) is 15.2. The van der Waals surface area contributed by atoms with Crippen molar-refractivity contribution < 1.29 is 23.8 Å². The predicted octanol–water partition coefficient (Wildman–Crippen LogP) is 2.30. The maximum absolute atomic E-state index is 13.5. The summed E-state index contributed by atoms with van der Waals surface area (Å²) in [6, 6.07) is 2.03. The molecule has 0 saturated heterocycles. The highest BCUT2D eigenvalue weighted by Crippen LogP contribution is 2.26. The summed E-state index contributed by atoms with van der Waals surface area (Å²) in [5, 5.41) is 8.74. The zero-order chi connectivity index (χ0) is 14.6. The van der Waals surface area contributed by atoms with Crippen LogP contribution in [0.5, 0.6) is 5.75 Å². The number of anilines is 1. The van der Waals surface area contributed by atoms with Crippen molar-refractivity contribution in [1.29, 1.82) is 0 Å². The molecule has 1 aromatic rings. The lowest BCUT2D eigenvalue weighted by Crippen LogP contribution is -2.25. The predicted molar refractivity (Wildman–Crippen MR) is 69.0 cm³/mol. The number of benzene rings is 1. The molecule has 19 heavy (non-hydrogen) atoms. The van der Waals surface area contributed by atoms with Crippen molar-refractivity contribution in [3.8, 4) is 5.75 Å². The molecule has 106 valence electrons. The fourth-order valence-corrected chi connectivity index (χ4v) is 1.37. The van der Waals surface area contributed by atoms with Crippen LogP contribution < -0.4 is 10.5 Å². The molecule has 0 bridgehead atoms. The number of aromatic carboxylic acids is 1. The molecule has 0 aliphatic rings. The Balaban J connectivity index is 2.75. The van der Waals surface area contributed by atoms with Crippen LogP contribution in [0.25, 0.3) is 0 Å². The lowest BCUT2D eigenvalue weighted by Gasteiger charge is -2.22. The molecular formula is C13H18FNO4. The number of nitrogen functional groups attached to an aromatic ring is 1. The number of hydrogen-bond acceptors (Lipinski definition) is 4. The molecular weight excluding hydrogens is 253 g/mol. The molecule has 0 aromatic heterocycles. The number of carboxylic acid groups (broad SMARTS) is 1. The smallest absolute Gasteiger partial charge is 0.338 e. The average molecular weight is 271 g/mol. The Morgan fingerprint density at radius 3 is 2.63 bits per heavy atom. The third-order valence-corrected chi connectivity index (χ3v) is 2.84. The second-order valence-electron chi connectivity index (χ2n) is 4.74. The van der Waals surface area contributed by atoms with Crippen LogP contribution >= 0.6 is 0 Å². The van der Waals surface area contributed by atoms with Crippen LogP contribution in [0, 0.1) is 5.82 Å². The highest BCUT2D eigenvalue weighted by atomic mass is 19.1. The SMILES string of the molecule is COC(C)(C)CCOc1cc(F)c(C(=O)O)cc1N. The minimum atomic E-state index is -1.36. The van der Waals surface area contributed by atoms with Crippen LogP contribution in [0.3, 0.4) is 0 Å². The third-order valence-electron chi connectivity index (χ3n) is 2.84. The van der Waals surface area contributed by atoms with E-state index >= 15 is 0 Å². The van der Waals surface area contributed by atoms with Gasteiger partial charge in [-0.05, 0) is 19.9 Å². The molecule has 1 aromatic carbocycles. The van der Waals surface area contributed by atoms with Gasteiger partial charge < -0.3 is 20.3 Å². The van der Waals surface area contributed by atoms with Gasteiger partial charge in [-0.3, -0.25) is 0 Å². The minimum Gasteiger partial charge on any atom is -0.491 e. The number of halogens is 1. The van der Waals surface area contributed by atoms with Gasteiger partial charge >= 0.3 is 5.97 Å². The highest BCUT2D eigenvalue weighted by Gasteiger charge is 2.18. The van der Waals surface area contributed by atoms with Crippen LogP contribution in [-0.2, 0) is 4.74 Å². The number of ether oxygens (including phenoxy) is 2. The number of carboxylic acids is 1. The number of carbonyl (C=O) groups is 1. The van der Waals surface area contributed by atoms with Gasteiger partial charge in [0, 0.05) is 19.6 Å². The monoisotopic (exact) mass is 271 g/mol. The number of methoxy groups -OCH3 is 1. The quantitative estimate of drug-likeness (QED) is 0.776. The summed E-state index contributed by atoms with van der Waals surface area (Å²) in [7, 11) is 1.59. The van der Waals surface area contributed by atoms with Crippen molar-refractivity contribution in [3.63, 3.8) is 0 Å². The summed E-state index contributed by atoms with van der Waals surface area (Å²) < 4.78 is 24.0. The van der Waals surface area contributed by atoms with E-state index in [2.05, 4.69) is 0 Å². The molecule has 0 radical (unpaired) electrons. The average Bonchev–Trinajstić information content (AvgIpc) is 2.32. The molecule has 0 aliphatic carbocycles. The van der Waals surface area contributed by atoms with Crippen molar-refractivity contribution >= 4 is 11.7 Å². The van der Waals surface area contributed by atoms with Crippen molar-refractivity contribution in [2.45, 2.75) is 25.9 Å². The van der Waals surface area contributed by atoms with E-state index in [-0.39, 0.29) is 23.6 Å². The normalized spacial score (nSPS) is 11.4. The molecule has 0 amide bonds. The van der Waals surface area contributed by atoms with E-state index < -0.39 is 17.3 Å². The highest BCUT2D eigenvalue weighted by molar-refractivity contribution is 5.89. The minimum absolute atomic E-state index is 0.0917. The van der Waals surface area contributed by atoms with Gasteiger partial charge in [0.05, 0.1) is 23.5 Å². The molecule has 6 heteroatoms. The van der Waals surface area contributed by atoms with Gasteiger partial charge in [-0.25, -0.2) is 9.18 Å². The Hall–Kier alpha value is -1.82. The van der Waals surface area contributed by atoms with Crippen LogP contribution in [0.1, 0.15) is 30.6 Å². The summed E-state index contributed by atoms with van der Waals surface area (Å²) in [6.45, 7) is 4.08. The summed E-state index contributed by atoms with van der Waals surface area (Å²) in [6.07, 6.45) is 0.589. The number of hydrogen-bond donors (Lipinski definition) is 2. The van der Waals surface area contributed by atoms with Gasteiger partial charge in [0.15, 0.2) is 0 Å². The molecule has 0 unspecified atom stereocenters. The fraction of sp³-hybridized carbons (Fsp3) is 0.462. The van der Waals surface area contributed by atoms with E-state index in [1.165, 1.54) is 0 Å². The largest absolute Gasteiger partial charge is 0.491 e. The molecule has 3 N–H and O–H groups in total. The first-order valence-corrected chi connectivity index (χ1v) is 5.77. The van der Waals surface area contributed by atoms with Gasteiger partial charge in [0.25, 0.3) is 0 Å². The second-order valence-corrected chi connectivity index (χ2v) is 4.74. The van der Waals surface area contributed by atoms with Crippen LogP contribution in [0.2, 0.25) is 0 Å². The van der Waals surface area contributed by atoms with E-state index in [4.69, 9.17) is 20.3 Å². The summed E-state index contributed by atoms with van der Waals surface area (Å²) in [5.74, 6) is -2.10. The van der Waals surface area contributed by atoms with Gasteiger partial charge in [-0.1, -0.05) is 0 Å². The van der Waals surface area contributed by atoms with Gasteiger partial charge in [0.2, 0.25) is 0 Å². The molecule has 0 fully saturated rings. The maximum Gasteiger partial charge on any atom is 0.338 e. The Labute approximate surface area is 111 Å². The third kappa shape index (κ3) is 4.10. The summed E-state index contributed by atoms with van der Waals surface area (Å²) in [4.78, 5) is 10.7. The Morgan fingerprint density at radius 2 is 2.11 bits per heavy atom. The second kappa shape index (κ2) is 5.88. The van der Waals surface area contributed by atoms with Gasteiger partial charge in [0.1, 0.15) is 11.6 Å². The van der Waals surface area contributed by atoms with E-state index in [9.17, 15) is 9.18 Å². The van der Waals surface area contributed by atoms with E-state index in [1.54, 1.807) is 7.11 Å². The number of rotatable bonds is 6. The molecule has 0 saturated carbocycles. The van der Waals surface area contributed by atoms with Crippen LogP contribution in [-0.4, -0.2) is 30.4 Å². The van der Waals surface area contributed by atoms with Crippen LogP contribution in [0.4, 0.5) is 10.1 Å². The van der Waals surface area contributed by atoms with E-state index in [0.29, 0.717) is 6.42 Å². The van der Waals surface area contributed by atoms with E-state index in [0.717, 1.165) is 12.1 Å². The van der Waals surface area contributed by atoms with Crippen molar-refractivity contribution in [1.82, 2.24) is 0 Å². The fourth-order valence-electron chi connectivity index (χ4n) is 1.37. The van der Waals surface area contributed by atoms with Gasteiger partial charge in [-0.15, -0.1) is 0 Å². The molecule has 0 aliphatic heterocycles. The summed E-state index contributed by atoms with van der Waals surface area (Å²) >= 11 is 0. The molecule has 5 nitrogen and oxygen atoms in total. The Bertz CT molecular complexity index is 474. The molecule has 0 heterocycles. The number of nitrogens with two attached hydrogens (primary N) is 1. The van der Waals surface area contributed by atoms with Crippen molar-refractivity contribution in [3.05, 3.63) is 23.5 Å². The Kier molecular flexibility index (Phi) is 4.72. The summed E-state index contributed by atoms with van der Waals surface area (Å²) in [5.41, 5.74) is 4.89. The first-order chi connectivity index (χ1) is 8.76. The Morgan fingerprint density at radius 1 is 1.47 bits per heavy atom. The van der Waals surface area contributed by atoms with Crippen molar-refractivity contribution in [2.75, 3.05) is 19.5 Å². The maximum atomic E-state index is 13.5. The zero-order valence-electron chi connectivity index (χ0n) is 11.2. The molecule has 0 spiro atoms. The molecule has 0 atom stereocenters. The van der Waals surface area contributed by atoms with Crippen LogP contribution in [0.15, 0.2) is 12.1 Å². The van der Waals surface area contributed by atoms with Gasteiger partial charge in [-0.2, -0.15) is 0 Å². The molecule has 1 rings (SSSR count). The first-order valence-electron chi connectivity index (χ1n) is 5.77. The lowest BCUT2D eigenvalue weighted by molar-refractivity contribution is 0.00549. The zero-order valence-corrected chi connectivity index (χ0v) is 11.2. The topological polar surface area (TPSA) is 81.8 Å². The lowest BCUT2D eigenvalue weighted by atomic mass is 10.1. The standard InChI is InChI=1S/C13H18FNO4/c1-13(2,18-3)4-5-19-11-7-9(14)8(12(16)17)6-10(11)15/h6-7H,4-5,15H2,1-3H3,(H,16,17). The van der Waals surface area contributed by atoms with Crippen molar-refractivity contribution in [2.24, 2.45) is 0 Å².